The maximum absolute atomic E-state index is 11.8. The minimum atomic E-state index is -0.291. The number of carbonyl (C=O) groups excluding carboxylic acids is 1. The fourth-order valence-corrected chi connectivity index (χ4v) is 2.21. The summed E-state index contributed by atoms with van der Waals surface area (Å²) < 4.78 is 5.46. The van der Waals surface area contributed by atoms with Gasteiger partial charge < -0.3 is 15.8 Å². The van der Waals surface area contributed by atoms with E-state index in [0.717, 1.165) is 0 Å². The third-order valence-electron chi connectivity index (χ3n) is 2.75. The lowest BCUT2D eigenvalue weighted by atomic mass is 10.2. The van der Waals surface area contributed by atoms with Crippen LogP contribution in [-0.4, -0.2) is 12.5 Å². The van der Waals surface area contributed by atoms with E-state index in [1.54, 1.807) is 42.5 Å². The lowest BCUT2D eigenvalue weighted by molar-refractivity contribution is -0.118. The molecule has 4 nitrogen and oxygen atoms in total. The van der Waals surface area contributed by atoms with Crippen molar-refractivity contribution in [1.82, 2.24) is 0 Å². The number of hydrogen-bond acceptors (Lipinski definition) is 3. The minimum absolute atomic E-state index is 0.139. The highest BCUT2D eigenvalue weighted by atomic mass is 35.5. The summed E-state index contributed by atoms with van der Waals surface area (Å²) in [4.78, 5) is 11.8. The van der Waals surface area contributed by atoms with Gasteiger partial charge in [-0.15, -0.1) is 0 Å². The molecule has 0 aromatic heterocycles. The molecule has 0 saturated heterocycles. The number of nitrogens with one attached hydrogen (secondary N) is 1. The van der Waals surface area contributed by atoms with Gasteiger partial charge in [-0.2, -0.15) is 0 Å². The van der Waals surface area contributed by atoms with Gasteiger partial charge in [0.2, 0.25) is 0 Å². The average Bonchev–Trinajstić information content (AvgIpc) is 2.45. The van der Waals surface area contributed by atoms with Gasteiger partial charge in [-0.1, -0.05) is 35.3 Å². The van der Waals surface area contributed by atoms with Crippen molar-refractivity contribution < 1.29 is 9.53 Å². The number of nitrogens with two attached hydrogens (primary N) is 1. The first-order valence-electron chi connectivity index (χ1n) is 6.26. The molecule has 0 aliphatic rings. The number of benzene rings is 2. The van der Waals surface area contributed by atoms with Crippen molar-refractivity contribution in [2.75, 3.05) is 11.9 Å². The van der Waals surface area contributed by atoms with Crippen LogP contribution in [0.25, 0.3) is 0 Å². The first-order chi connectivity index (χ1) is 10.1. The molecule has 2 aromatic carbocycles. The lowest BCUT2D eigenvalue weighted by Gasteiger charge is -2.11. The molecule has 3 N–H and O–H groups in total. The summed E-state index contributed by atoms with van der Waals surface area (Å²) in [5.41, 5.74) is 6.91. The molecule has 0 fully saturated rings. The normalized spacial score (nSPS) is 10.2. The van der Waals surface area contributed by atoms with Gasteiger partial charge in [0.15, 0.2) is 6.61 Å². The Hall–Kier alpha value is -1.75. The Bertz CT molecular complexity index is 647. The Labute approximate surface area is 132 Å². The fourth-order valence-electron chi connectivity index (χ4n) is 1.78. The van der Waals surface area contributed by atoms with Crippen LogP contribution in [0.1, 0.15) is 5.56 Å². The molecule has 0 atom stereocenters. The third kappa shape index (κ3) is 4.36. The van der Waals surface area contributed by atoms with E-state index in [4.69, 9.17) is 33.7 Å². The SMILES string of the molecule is NCc1c(Cl)cccc1OCC(=O)Nc1cccc(Cl)c1. The monoisotopic (exact) mass is 324 g/mol. The van der Waals surface area contributed by atoms with Crippen LogP contribution >= 0.6 is 23.2 Å². The summed E-state index contributed by atoms with van der Waals surface area (Å²) >= 11 is 11.9. The Balaban J connectivity index is 1.97. The van der Waals surface area contributed by atoms with Gasteiger partial charge in [0.05, 0.1) is 0 Å². The van der Waals surface area contributed by atoms with E-state index in [0.29, 0.717) is 27.0 Å². The van der Waals surface area contributed by atoms with Gasteiger partial charge in [0.25, 0.3) is 5.91 Å². The Morgan fingerprint density at radius 2 is 1.95 bits per heavy atom. The van der Waals surface area contributed by atoms with Crippen LogP contribution in [0, 0.1) is 0 Å². The summed E-state index contributed by atoms with van der Waals surface area (Å²) in [6.45, 7) is 0.102. The summed E-state index contributed by atoms with van der Waals surface area (Å²) in [5.74, 6) is 0.214. The molecule has 2 rings (SSSR count). The predicted octanol–water partition coefficient (Wildman–Crippen LogP) is 3.47. The quantitative estimate of drug-likeness (QED) is 0.885. The Kier molecular flexibility index (Phi) is 5.44. The van der Waals surface area contributed by atoms with Gasteiger partial charge >= 0.3 is 0 Å². The third-order valence-corrected chi connectivity index (χ3v) is 3.34. The molecule has 0 aliphatic carbocycles. The first-order valence-corrected chi connectivity index (χ1v) is 7.01. The maximum Gasteiger partial charge on any atom is 0.262 e. The molecule has 0 radical (unpaired) electrons. The molecule has 6 heteroatoms. The van der Waals surface area contributed by atoms with Gasteiger partial charge in [0.1, 0.15) is 5.75 Å². The first kappa shape index (κ1) is 15.6. The average molecular weight is 325 g/mol. The number of rotatable bonds is 5. The van der Waals surface area contributed by atoms with Crippen molar-refractivity contribution in [2.45, 2.75) is 6.54 Å². The Morgan fingerprint density at radius 1 is 1.19 bits per heavy atom. The largest absolute Gasteiger partial charge is 0.483 e. The van der Waals surface area contributed by atoms with Gasteiger partial charge in [-0.25, -0.2) is 0 Å². The van der Waals surface area contributed by atoms with E-state index in [-0.39, 0.29) is 19.1 Å². The highest BCUT2D eigenvalue weighted by Crippen LogP contribution is 2.25. The van der Waals surface area contributed by atoms with E-state index >= 15 is 0 Å². The summed E-state index contributed by atoms with van der Waals surface area (Å²) in [7, 11) is 0. The van der Waals surface area contributed by atoms with Crippen molar-refractivity contribution in [3.8, 4) is 5.75 Å². The highest BCUT2D eigenvalue weighted by molar-refractivity contribution is 6.31. The number of halogens is 2. The number of ether oxygens (including phenoxy) is 1. The topological polar surface area (TPSA) is 64.3 Å². The lowest BCUT2D eigenvalue weighted by Crippen LogP contribution is -2.20. The molecule has 0 aliphatic heterocycles. The van der Waals surface area contributed by atoms with Crippen molar-refractivity contribution >= 4 is 34.8 Å². The van der Waals surface area contributed by atoms with Crippen LogP contribution in [0.5, 0.6) is 5.75 Å². The number of hydrogen-bond donors (Lipinski definition) is 2. The van der Waals surface area contributed by atoms with Crippen molar-refractivity contribution in [1.29, 1.82) is 0 Å². The number of amides is 1. The Morgan fingerprint density at radius 3 is 2.67 bits per heavy atom. The molecular formula is C15H14Cl2N2O2. The van der Waals surface area contributed by atoms with Crippen LogP contribution in [-0.2, 0) is 11.3 Å². The van der Waals surface area contributed by atoms with Crippen LogP contribution < -0.4 is 15.8 Å². The zero-order valence-corrected chi connectivity index (χ0v) is 12.6. The minimum Gasteiger partial charge on any atom is -0.483 e. The zero-order chi connectivity index (χ0) is 15.2. The second-order valence-electron chi connectivity index (χ2n) is 4.27. The molecule has 1 amide bonds. The van der Waals surface area contributed by atoms with Crippen LogP contribution in [0.4, 0.5) is 5.69 Å². The molecule has 0 heterocycles. The molecule has 0 unspecified atom stereocenters. The predicted molar refractivity (Wildman–Crippen MR) is 84.9 cm³/mol. The second kappa shape index (κ2) is 7.31. The maximum atomic E-state index is 11.8. The van der Waals surface area contributed by atoms with Crippen LogP contribution in [0.15, 0.2) is 42.5 Å². The molecule has 0 bridgehead atoms. The van der Waals surface area contributed by atoms with Crippen LogP contribution in [0.3, 0.4) is 0 Å². The molecule has 2 aromatic rings. The van der Waals surface area contributed by atoms with E-state index in [1.807, 2.05) is 0 Å². The van der Waals surface area contributed by atoms with Crippen LogP contribution in [0.2, 0.25) is 10.0 Å². The van der Waals surface area contributed by atoms with Gasteiger partial charge in [0, 0.05) is 27.8 Å². The smallest absolute Gasteiger partial charge is 0.262 e. The van der Waals surface area contributed by atoms with E-state index < -0.39 is 0 Å². The molecular weight excluding hydrogens is 311 g/mol. The molecule has 110 valence electrons. The van der Waals surface area contributed by atoms with Crippen molar-refractivity contribution in [3.63, 3.8) is 0 Å². The fraction of sp³-hybridized carbons (Fsp3) is 0.133. The molecule has 0 saturated carbocycles. The highest BCUT2D eigenvalue weighted by Gasteiger charge is 2.09. The number of anilines is 1. The molecule has 0 spiro atoms. The second-order valence-corrected chi connectivity index (χ2v) is 5.11. The standard InChI is InChI=1S/C15H14Cl2N2O2/c16-10-3-1-4-11(7-10)19-15(20)9-21-14-6-2-5-13(17)12(14)8-18/h1-7H,8-9,18H2,(H,19,20). The van der Waals surface area contributed by atoms with Gasteiger partial charge in [-0.05, 0) is 30.3 Å². The van der Waals surface area contributed by atoms with E-state index in [1.165, 1.54) is 0 Å². The van der Waals surface area contributed by atoms with E-state index in [2.05, 4.69) is 5.32 Å². The van der Waals surface area contributed by atoms with Crippen molar-refractivity contribution in [3.05, 3.63) is 58.1 Å². The van der Waals surface area contributed by atoms with Gasteiger partial charge in [-0.3, -0.25) is 4.79 Å². The summed E-state index contributed by atoms with van der Waals surface area (Å²) in [5, 5.41) is 3.76. The zero-order valence-electron chi connectivity index (χ0n) is 11.1. The van der Waals surface area contributed by atoms with Crippen molar-refractivity contribution in [2.24, 2.45) is 5.73 Å². The summed E-state index contributed by atoms with van der Waals surface area (Å²) in [6, 6.07) is 12.1. The van der Waals surface area contributed by atoms with E-state index in [9.17, 15) is 4.79 Å². The molecule has 21 heavy (non-hydrogen) atoms. The number of carbonyl (C=O) groups is 1. The summed E-state index contributed by atoms with van der Waals surface area (Å²) in [6.07, 6.45) is 0.